The molecule has 0 radical (unpaired) electrons. The van der Waals surface area contributed by atoms with E-state index in [0.717, 1.165) is 25.8 Å². The summed E-state index contributed by atoms with van der Waals surface area (Å²) in [4.78, 5) is 49.0. The molecule has 0 unspecified atom stereocenters. The van der Waals surface area contributed by atoms with Gasteiger partial charge in [-0.15, -0.1) is 0 Å². The molecule has 0 spiro atoms. The summed E-state index contributed by atoms with van der Waals surface area (Å²) in [5.41, 5.74) is 1.95. The van der Waals surface area contributed by atoms with Gasteiger partial charge >= 0.3 is 0 Å². The van der Waals surface area contributed by atoms with Crippen LogP contribution in [0.3, 0.4) is 0 Å². The number of piperidine rings is 1. The van der Waals surface area contributed by atoms with E-state index >= 15 is 0 Å². The molecular formula is C25H32N6O3S. The van der Waals surface area contributed by atoms with Crippen molar-refractivity contribution in [3.05, 3.63) is 46.5 Å². The van der Waals surface area contributed by atoms with Crippen molar-refractivity contribution in [1.29, 1.82) is 0 Å². The van der Waals surface area contributed by atoms with Gasteiger partial charge in [0.1, 0.15) is 17.6 Å². The Hall–Kier alpha value is -3.27. The van der Waals surface area contributed by atoms with Crippen molar-refractivity contribution in [3.8, 4) is 0 Å². The van der Waals surface area contributed by atoms with Crippen molar-refractivity contribution in [2.45, 2.75) is 52.5 Å². The molecule has 9 nitrogen and oxygen atoms in total. The lowest BCUT2D eigenvalue weighted by Gasteiger charge is -2.31. The minimum Gasteiger partial charge on any atom is -0.356 e. The number of benzene rings is 1. The molecule has 1 aliphatic rings. The van der Waals surface area contributed by atoms with Gasteiger partial charge < -0.3 is 15.5 Å². The van der Waals surface area contributed by atoms with Gasteiger partial charge in [-0.2, -0.15) is 4.98 Å². The van der Waals surface area contributed by atoms with Crippen molar-refractivity contribution in [2.75, 3.05) is 29.9 Å². The molecule has 2 aromatic heterocycles. The summed E-state index contributed by atoms with van der Waals surface area (Å²) in [6, 6.07) is 7.69. The van der Waals surface area contributed by atoms with Crippen LogP contribution in [0.15, 0.2) is 35.4 Å². The summed E-state index contributed by atoms with van der Waals surface area (Å²) < 4.78 is 1.72. The maximum absolute atomic E-state index is 13.1. The highest BCUT2D eigenvalue weighted by Crippen LogP contribution is 2.29. The fourth-order valence-electron chi connectivity index (χ4n) is 4.15. The van der Waals surface area contributed by atoms with Crippen LogP contribution in [0.4, 0.5) is 10.8 Å². The molecular weight excluding hydrogens is 464 g/mol. The number of hydrogen-bond acceptors (Lipinski definition) is 7. The van der Waals surface area contributed by atoms with Crippen LogP contribution in [0.5, 0.6) is 0 Å². The number of carbonyl (C=O) groups excluding carboxylic acids is 2. The first-order chi connectivity index (χ1) is 16.9. The molecule has 1 saturated heterocycles. The minimum atomic E-state index is -0.299. The standard InChI is InChI=1S/C25H32N6O3S/c1-4-11-26-23(33)18-6-5-12-30(13-18)25-29-22-21(35-25)24(34)31(15-27-22)14-20(32)28-19-9-7-17(8-10-19)16(2)3/h7-10,15-16,18H,4-6,11-14H2,1-3H3,(H,26,33)(H,28,32)/t18-/m0/s1. The first kappa shape index (κ1) is 24.8. The predicted molar refractivity (Wildman–Crippen MR) is 139 cm³/mol. The smallest absolute Gasteiger partial charge is 0.273 e. The van der Waals surface area contributed by atoms with Crippen LogP contribution in [0.2, 0.25) is 0 Å². The molecule has 1 aromatic carbocycles. The Morgan fingerprint density at radius 1 is 1.23 bits per heavy atom. The Morgan fingerprint density at radius 3 is 2.71 bits per heavy atom. The minimum absolute atomic E-state index is 0.0722. The molecule has 186 valence electrons. The van der Waals surface area contributed by atoms with E-state index in [-0.39, 0.29) is 29.8 Å². The molecule has 1 aliphatic heterocycles. The maximum atomic E-state index is 13.1. The largest absolute Gasteiger partial charge is 0.356 e. The fourth-order valence-corrected chi connectivity index (χ4v) is 5.15. The van der Waals surface area contributed by atoms with Gasteiger partial charge in [0.15, 0.2) is 10.8 Å². The molecule has 1 fully saturated rings. The number of aromatic nitrogens is 3. The maximum Gasteiger partial charge on any atom is 0.273 e. The second-order valence-corrected chi connectivity index (χ2v) is 10.2. The zero-order chi connectivity index (χ0) is 24.9. The average molecular weight is 497 g/mol. The van der Waals surface area contributed by atoms with E-state index in [2.05, 4.69) is 39.3 Å². The number of fused-ring (bicyclic) bond motifs is 1. The number of amides is 2. The van der Waals surface area contributed by atoms with Crippen molar-refractivity contribution in [2.24, 2.45) is 5.92 Å². The number of hydrogen-bond donors (Lipinski definition) is 2. The lowest BCUT2D eigenvalue weighted by molar-refractivity contribution is -0.125. The zero-order valence-corrected chi connectivity index (χ0v) is 21.2. The molecule has 2 amide bonds. The molecule has 3 aromatic rings. The van der Waals surface area contributed by atoms with E-state index in [1.165, 1.54) is 27.8 Å². The molecule has 2 N–H and O–H groups in total. The first-order valence-corrected chi connectivity index (χ1v) is 13.0. The van der Waals surface area contributed by atoms with E-state index in [4.69, 9.17) is 0 Å². The molecule has 10 heteroatoms. The number of nitrogens with zero attached hydrogens (tertiary/aromatic N) is 4. The van der Waals surface area contributed by atoms with Crippen LogP contribution in [-0.2, 0) is 16.1 Å². The van der Waals surface area contributed by atoms with E-state index in [1.54, 1.807) is 0 Å². The summed E-state index contributed by atoms with van der Waals surface area (Å²) in [6.07, 6.45) is 4.00. The number of anilines is 2. The summed E-state index contributed by atoms with van der Waals surface area (Å²) >= 11 is 1.27. The van der Waals surface area contributed by atoms with E-state index < -0.39 is 0 Å². The number of carbonyl (C=O) groups is 2. The number of thiazole rings is 1. The normalized spacial score (nSPS) is 16.0. The van der Waals surface area contributed by atoms with Crippen LogP contribution in [-0.4, -0.2) is 46.0 Å². The van der Waals surface area contributed by atoms with Gasteiger partial charge in [-0.3, -0.25) is 19.0 Å². The third kappa shape index (κ3) is 5.87. The lowest BCUT2D eigenvalue weighted by Crippen LogP contribution is -2.43. The quantitative estimate of drug-likeness (QED) is 0.495. The van der Waals surface area contributed by atoms with Crippen LogP contribution >= 0.6 is 11.3 Å². The van der Waals surface area contributed by atoms with Gasteiger partial charge in [0.25, 0.3) is 5.56 Å². The predicted octanol–water partition coefficient (Wildman–Crippen LogP) is 3.36. The molecule has 35 heavy (non-hydrogen) atoms. The Bertz CT molecular complexity index is 1250. The van der Waals surface area contributed by atoms with E-state index in [0.29, 0.717) is 40.2 Å². The molecule has 0 saturated carbocycles. The monoisotopic (exact) mass is 496 g/mol. The van der Waals surface area contributed by atoms with Gasteiger partial charge in [-0.1, -0.05) is 44.2 Å². The first-order valence-electron chi connectivity index (χ1n) is 12.1. The molecule has 0 aliphatic carbocycles. The van der Waals surface area contributed by atoms with Gasteiger partial charge in [0.2, 0.25) is 11.8 Å². The van der Waals surface area contributed by atoms with Gasteiger partial charge in [0, 0.05) is 25.3 Å². The molecule has 4 rings (SSSR count). The second kappa shape index (κ2) is 11.0. The van der Waals surface area contributed by atoms with E-state index in [9.17, 15) is 14.4 Å². The van der Waals surface area contributed by atoms with Gasteiger partial charge in [-0.05, 0) is 42.9 Å². The van der Waals surface area contributed by atoms with Crippen molar-refractivity contribution in [3.63, 3.8) is 0 Å². The topological polar surface area (TPSA) is 109 Å². The fraction of sp³-hybridized carbons (Fsp3) is 0.480. The third-order valence-electron chi connectivity index (χ3n) is 6.16. The summed E-state index contributed by atoms with van der Waals surface area (Å²) in [7, 11) is 0. The van der Waals surface area contributed by atoms with Gasteiger partial charge in [0.05, 0.1) is 5.92 Å². The zero-order valence-electron chi connectivity index (χ0n) is 20.4. The molecule has 1 atom stereocenters. The summed E-state index contributed by atoms with van der Waals surface area (Å²) in [5.74, 6) is 0.0925. The highest BCUT2D eigenvalue weighted by Gasteiger charge is 2.27. The number of nitrogens with one attached hydrogen (secondary N) is 2. The van der Waals surface area contributed by atoms with Crippen LogP contribution in [0, 0.1) is 5.92 Å². The molecule has 3 heterocycles. The Kier molecular flexibility index (Phi) is 7.80. The SMILES string of the molecule is CCCNC(=O)[C@H]1CCCN(c2nc3ncn(CC(=O)Nc4ccc(C(C)C)cc4)c(=O)c3s2)C1. The van der Waals surface area contributed by atoms with E-state index in [1.807, 2.05) is 31.2 Å². The summed E-state index contributed by atoms with van der Waals surface area (Å²) in [5, 5.41) is 6.49. The van der Waals surface area contributed by atoms with Crippen LogP contribution in [0.1, 0.15) is 51.5 Å². The molecule has 0 bridgehead atoms. The van der Waals surface area contributed by atoms with Crippen LogP contribution < -0.4 is 21.1 Å². The van der Waals surface area contributed by atoms with Crippen molar-refractivity contribution >= 4 is 44.3 Å². The highest BCUT2D eigenvalue weighted by atomic mass is 32.1. The Morgan fingerprint density at radius 2 is 2.00 bits per heavy atom. The Labute approximate surface area is 208 Å². The van der Waals surface area contributed by atoms with Gasteiger partial charge in [-0.25, -0.2) is 4.98 Å². The third-order valence-corrected chi connectivity index (χ3v) is 7.25. The highest BCUT2D eigenvalue weighted by molar-refractivity contribution is 7.22. The van der Waals surface area contributed by atoms with Crippen molar-refractivity contribution < 1.29 is 9.59 Å². The van der Waals surface area contributed by atoms with Crippen LogP contribution in [0.25, 0.3) is 10.3 Å². The summed E-state index contributed by atoms with van der Waals surface area (Å²) in [6.45, 7) is 8.15. The Balaban J connectivity index is 1.45. The number of rotatable bonds is 8. The van der Waals surface area contributed by atoms with Crippen molar-refractivity contribution in [1.82, 2.24) is 19.9 Å². The average Bonchev–Trinajstić information content (AvgIpc) is 3.30. The lowest BCUT2D eigenvalue weighted by atomic mass is 9.97. The second-order valence-electron chi connectivity index (χ2n) is 9.23.